The van der Waals surface area contributed by atoms with Gasteiger partial charge in [0.2, 0.25) is 0 Å². The quantitative estimate of drug-likeness (QED) is 0.222. The summed E-state index contributed by atoms with van der Waals surface area (Å²) in [7, 11) is 0. The van der Waals surface area contributed by atoms with Gasteiger partial charge in [0.1, 0.15) is 0 Å². The highest BCUT2D eigenvalue weighted by Gasteiger charge is 2.15. The van der Waals surface area contributed by atoms with Gasteiger partial charge in [0.05, 0.1) is 11.0 Å². The van der Waals surface area contributed by atoms with Crippen LogP contribution in [-0.4, -0.2) is 4.57 Å². The van der Waals surface area contributed by atoms with Crippen LogP contribution in [0.1, 0.15) is 0 Å². The minimum absolute atomic E-state index is 1.19. The Morgan fingerprint density at radius 2 is 1.05 bits per heavy atom. The summed E-state index contributed by atoms with van der Waals surface area (Å²) in [5.74, 6) is 0. The molecule has 8 aromatic rings. The Labute approximate surface area is 214 Å². The van der Waals surface area contributed by atoms with Gasteiger partial charge in [-0.1, -0.05) is 103 Å². The van der Waals surface area contributed by atoms with Gasteiger partial charge in [-0.3, -0.25) is 0 Å². The van der Waals surface area contributed by atoms with Crippen LogP contribution in [0.4, 0.5) is 0 Å². The Kier molecular flexibility index (Phi) is 4.29. The van der Waals surface area contributed by atoms with Crippen LogP contribution >= 0.6 is 0 Å². The van der Waals surface area contributed by atoms with Gasteiger partial charge in [0.25, 0.3) is 0 Å². The molecule has 0 aliphatic heterocycles. The van der Waals surface area contributed by atoms with Gasteiger partial charge >= 0.3 is 0 Å². The summed E-state index contributed by atoms with van der Waals surface area (Å²) in [5.41, 5.74) is 6.19. The number of benzene rings is 7. The van der Waals surface area contributed by atoms with E-state index < -0.39 is 0 Å². The molecule has 0 unspecified atom stereocenters. The number of hydrogen-bond donors (Lipinski definition) is 0. The van der Waals surface area contributed by atoms with E-state index in [2.05, 4.69) is 144 Å². The van der Waals surface area contributed by atoms with Crippen molar-refractivity contribution in [1.82, 2.24) is 4.57 Å². The predicted octanol–water partition coefficient (Wildman–Crippen LogP) is 9.91. The van der Waals surface area contributed by atoms with Gasteiger partial charge in [0, 0.05) is 16.5 Å². The first-order chi connectivity index (χ1) is 18.4. The van der Waals surface area contributed by atoms with Crippen molar-refractivity contribution in [2.75, 3.05) is 0 Å². The first kappa shape index (κ1) is 20.3. The zero-order chi connectivity index (χ0) is 24.3. The largest absolute Gasteiger partial charge is 0.309 e. The molecule has 7 aromatic carbocycles. The van der Waals surface area contributed by atoms with Gasteiger partial charge in [-0.05, 0) is 79.8 Å². The van der Waals surface area contributed by atoms with Crippen molar-refractivity contribution in [1.29, 1.82) is 0 Å². The smallest absolute Gasteiger partial charge is 0.0547 e. The Morgan fingerprint density at radius 1 is 0.378 bits per heavy atom. The van der Waals surface area contributed by atoms with E-state index in [0.717, 1.165) is 0 Å². The molecule has 1 aromatic heterocycles. The van der Waals surface area contributed by atoms with Gasteiger partial charge < -0.3 is 4.57 Å². The molecule has 37 heavy (non-hydrogen) atoms. The fraction of sp³-hybridized carbons (Fsp3) is 0. The maximum Gasteiger partial charge on any atom is 0.0547 e. The lowest BCUT2D eigenvalue weighted by Gasteiger charge is -2.12. The molecule has 0 fully saturated rings. The van der Waals surface area contributed by atoms with Gasteiger partial charge in [-0.15, -0.1) is 0 Å². The van der Waals surface area contributed by atoms with E-state index in [1.807, 2.05) is 0 Å². The minimum Gasteiger partial charge on any atom is -0.309 e. The SMILES string of the molecule is c1ccc(-n2c3ccccc3c3c4ccc(-c5cc6ccccc6c6ccccc56)cc4ccc32)cc1. The molecule has 8 rings (SSSR count). The Bertz CT molecular complexity index is 2130. The van der Waals surface area contributed by atoms with Gasteiger partial charge in [0.15, 0.2) is 0 Å². The lowest BCUT2D eigenvalue weighted by atomic mass is 9.92. The highest BCUT2D eigenvalue weighted by Crippen LogP contribution is 2.40. The van der Waals surface area contributed by atoms with E-state index in [-0.39, 0.29) is 0 Å². The number of para-hydroxylation sites is 2. The van der Waals surface area contributed by atoms with E-state index in [4.69, 9.17) is 0 Å². The lowest BCUT2D eigenvalue weighted by molar-refractivity contribution is 1.18. The van der Waals surface area contributed by atoms with E-state index in [0.29, 0.717) is 0 Å². The zero-order valence-corrected chi connectivity index (χ0v) is 20.2. The van der Waals surface area contributed by atoms with Crippen LogP contribution < -0.4 is 0 Å². The van der Waals surface area contributed by atoms with Crippen molar-refractivity contribution < 1.29 is 0 Å². The molecule has 0 saturated heterocycles. The van der Waals surface area contributed by atoms with Crippen molar-refractivity contribution in [3.63, 3.8) is 0 Å². The third-order valence-electron chi connectivity index (χ3n) is 7.75. The summed E-state index contributed by atoms with van der Waals surface area (Å²) in [6.45, 7) is 0. The fourth-order valence-corrected chi connectivity index (χ4v) is 6.11. The van der Waals surface area contributed by atoms with Crippen molar-refractivity contribution in [2.24, 2.45) is 0 Å². The van der Waals surface area contributed by atoms with Crippen LogP contribution in [0, 0.1) is 0 Å². The maximum atomic E-state index is 2.38. The summed E-state index contributed by atoms with van der Waals surface area (Å²) in [5, 5.41) is 10.3. The summed E-state index contributed by atoms with van der Waals surface area (Å²) in [6.07, 6.45) is 0. The second-order valence-electron chi connectivity index (χ2n) is 9.77. The number of hydrogen-bond acceptors (Lipinski definition) is 0. The van der Waals surface area contributed by atoms with E-state index >= 15 is 0 Å². The summed E-state index contributed by atoms with van der Waals surface area (Å²) >= 11 is 0. The molecule has 0 saturated carbocycles. The molecule has 0 aliphatic rings. The van der Waals surface area contributed by atoms with Crippen LogP contribution in [0.15, 0.2) is 140 Å². The highest BCUT2D eigenvalue weighted by atomic mass is 15.0. The van der Waals surface area contributed by atoms with Crippen LogP contribution in [-0.2, 0) is 0 Å². The van der Waals surface area contributed by atoms with Crippen molar-refractivity contribution >= 4 is 54.1 Å². The number of aromatic nitrogens is 1. The molecule has 0 aliphatic carbocycles. The average molecular weight is 470 g/mol. The third kappa shape index (κ3) is 2.98. The summed E-state index contributed by atoms with van der Waals surface area (Å²) in [6, 6.07) is 50.8. The Morgan fingerprint density at radius 3 is 1.92 bits per heavy atom. The van der Waals surface area contributed by atoms with E-state index in [1.165, 1.54) is 70.9 Å². The molecule has 1 heterocycles. The van der Waals surface area contributed by atoms with Crippen LogP contribution in [0.5, 0.6) is 0 Å². The maximum absolute atomic E-state index is 2.38. The van der Waals surface area contributed by atoms with Crippen molar-refractivity contribution in [2.45, 2.75) is 0 Å². The molecule has 172 valence electrons. The van der Waals surface area contributed by atoms with Gasteiger partial charge in [-0.25, -0.2) is 0 Å². The zero-order valence-electron chi connectivity index (χ0n) is 20.2. The van der Waals surface area contributed by atoms with Gasteiger partial charge in [-0.2, -0.15) is 0 Å². The Balaban J connectivity index is 1.43. The molecule has 0 radical (unpaired) electrons. The minimum atomic E-state index is 1.19. The molecule has 0 N–H and O–H groups in total. The lowest BCUT2D eigenvalue weighted by Crippen LogP contribution is -1.92. The molecule has 0 spiro atoms. The standard InChI is InChI=1S/C36H23N/c1-2-11-27(12-3-1)37-34-17-9-8-16-32(34)36-29-20-18-26(22-25(29)19-21-35(36)37)33-23-24-10-4-5-13-28(24)30-14-6-7-15-31(30)33/h1-23H. The van der Waals surface area contributed by atoms with Crippen LogP contribution in [0.3, 0.4) is 0 Å². The molecule has 0 amide bonds. The van der Waals surface area contributed by atoms with Crippen LogP contribution in [0.25, 0.3) is 70.9 Å². The highest BCUT2D eigenvalue weighted by molar-refractivity contribution is 6.22. The monoisotopic (exact) mass is 469 g/mol. The number of fused-ring (bicyclic) bond motifs is 8. The molecular weight excluding hydrogens is 446 g/mol. The Hall–Kier alpha value is -4.88. The second kappa shape index (κ2) is 7.81. The molecule has 0 bridgehead atoms. The third-order valence-corrected chi connectivity index (χ3v) is 7.75. The first-order valence-electron chi connectivity index (χ1n) is 12.8. The summed E-state index contributed by atoms with van der Waals surface area (Å²) in [4.78, 5) is 0. The van der Waals surface area contributed by atoms with Crippen LogP contribution in [0.2, 0.25) is 0 Å². The van der Waals surface area contributed by atoms with Crippen molar-refractivity contribution in [3.8, 4) is 16.8 Å². The fourth-order valence-electron chi connectivity index (χ4n) is 6.11. The normalized spacial score (nSPS) is 11.8. The number of nitrogens with zero attached hydrogens (tertiary/aromatic N) is 1. The molecule has 1 heteroatoms. The summed E-state index contributed by atoms with van der Waals surface area (Å²) < 4.78 is 2.38. The van der Waals surface area contributed by atoms with Crippen molar-refractivity contribution in [3.05, 3.63) is 140 Å². The number of rotatable bonds is 2. The average Bonchev–Trinajstić information content (AvgIpc) is 3.32. The predicted molar refractivity (Wildman–Crippen MR) is 159 cm³/mol. The topological polar surface area (TPSA) is 4.93 Å². The first-order valence-corrected chi connectivity index (χ1v) is 12.8. The van der Waals surface area contributed by atoms with E-state index in [1.54, 1.807) is 0 Å². The molecular formula is C36H23N. The molecule has 1 nitrogen and oxygen atoms in total. The second-order valence-corrected chi connectivity index (χ2v) is 9.77. The molecule has 0 atom stereocenters. The van der Waals surface area contributed by atoms with E-state index in [9.17, 15) is 0 Å².